The van der Waals surface area contributed by atoms with Gasteiger partial charge in [-0.05, 0) is 62.8 Å². The Morgan fingerprint density at radius 1 is 1.17 bits per heavy atom. The van der Waals surface area contributed by atoms with Gasteiger partial charge in [-0.3, -0.25) is 4.57 Å². The van der Waals surface area contributed by atoms with E-state index in [0.29, 0.717) is 0 Å². The lowest BCUT2D eigenvalue weighted by Crippen LogP contribution is -2.17. The Hall–Kier alpha value is -1.77. The van der Waals surface area contributed by atoms with Crippen LogP contribution in [0, 0.1) is 13.8 Å². The molecule has 1 aliphatic rings. The van der Waals surface area contributed by atoms with Crippen LogP contribution in [0.15, 0.2) is 23.0 Å². The Labute approximate surface area is 106 Å². The van der Waals surface area contributed by atoms with Gasteiger partial charge in [0.1, 0.15) is 0 Å². The van der Waals surface area contributed by atoms with E-state index < -0.39 is 0 Å². The molecule has 94 valence electrons. The molecule has 0 atom stereocenters. The fraction of sp³-hybridized carbons (Fsp3) is 0.400. The number of aryl methyl sites for hydroxylation is 2. The number of H-pyrrole nitrogens is 1. The third kappa shape index (κ3) is 1.70. The molecule has 3 nitrogen and oxygen atoms in total. The van der Waals surface area contributed by atoms with Crippen LogP contribution in [-0.2, 0) is 0 Å². The van der Waals surface area contributed by atoms with Crippen molar-refractivity contribution in [2.75, 3.05) is 0 Å². The lowest BCUT2D eigenvalue weighted by atomic mass is 10.0. The van der Waals surface area contributed by atoms with Crippen LogP contribution in [0.5, 0.6) is 0 Å². The average Bonchev–Trinajstić information content (AvgIpc) is 2.66. The summed E-state index contributed by atoms with van der Waals surface area (Å²) in [6.07, 6.45) is 6.70. The third-order valence-electron chi connectivity index (χ3n) is 3.85. The van der Waals surface area contributed by atoms with Gasteiger partial charge in [-0.15, -0.1) is 0 Å². The quantitative estimate of drug-likeness (QED) is 0.818. The van der Waals surface area contributed by atoms with Gasteiger partial charge in [-0.1, -0.05) is 6.08 Å². The molecule has 0 saturated heterocycles. The Kier molecular flexibility index (Phi) is 2.62. The van der Waals surface area contributed by atoms with E-state index in [1.54, 1.807) is 0 Å². The first kappa shape index (κ1) is 11.3. The van der Waals surface area contributed by atoms with Crippen LogP contribution in [0.1, 0.15) is 36.8 Å². The molecule has 3 heteroatoms. The first-order chi connectivity index (χ1) is 8.66. The number of rotatable bonds is 1. The molecule has 0 aliphatic heterocycles. The molecule has 18 heavy (non-hydrogen) atoms. The minimum absolute atomic E-state index is 0.0110. The Balaban J connectivity index is 2.28. The van der Waals surface area contributed by atoms with E-state index in [9.17, 15) is 4.79 Å². The SMILES string of the molecule is Cc1cc2[nH]c(=O)n(C3=CCCCC3)c2cc1C. The van der Waals surface area contributed by atoms with Gasteiger partial charge >= 0.3 is 5.69 Å². The van der Waals surface area contributed by atoms with E-state index in [1.165, 1.54) is 24.0 Å². The molecule has 1 aromatic heterocycles. The van der Waals surface area contributed by atoms with Crippen LogP contribution in [-0.4, -0.2) is 9.55 Å². The third-order valence-corrected chi connectivity index (χ3v) is 3.85. The molecule has 0 radical (unpaired) electrons. The molecule has 0 spiro atoms. The monoisotopic (exact) mass is 242 g/mol. The Morgan fingerprint density at radius 2 is 1.94 bits per heavy atom. The summed E-state index contributed by atoms with van der Waals surface area (Å²) in [5.74, 6) is 0. The maximum absolute atomic E-state index is 12.1. The molecule has 0 unspecified atom stereocenters. The molecule has 1 N–H and O–H groups in total. The fourth-order valence-corrected chi connectivity index (χ4v) is 2.68. The van der Waals surface area contributed by atoms with Crippen molar-refractivity contribution < 1.29 is 0 Å². The van der Waals surface area contributed by atoms with Crippen LogP contribution in [0.4, 0.5) is 0 Å². The minimum atomic E-state index is -0.0110. The number of allylic oxidation sites excluding steroid dienone is 2. The van der Waals surface area contributed by atoms with Gasteiger partial charge in [-0.25, -0.2) is 4.79 Å². The lowest BCUT2D eigenvalue weighted by Gasteiger charge is -2.14. The van der Waals surface area contributed by atoms with Crippen molar-refractivity contribution in [3.63, 3.8) is 0 Å². The van der Waals surface area contributed by atoms with E-state index in [1.807, 2.05) is 4.57 Å². The average molecular weight is 242 g/mol. The number of fused-ring (bicyclic) bond motifs is 1. The summed E-state index contributed by atoms with van der Waals surface area (Å²) in [4.78, 5) is 15.1. The molecule has 1 aliphatic carbocycles. The topological polar surface area (TPSA) is 37.8 Å². The highest BCUT2D eigenvalue weighted by Gasteiger charge is 2.13. The molecule has 2 aromatic rings. The van der Waals surface area contributed by atoms with Crippen LogP contribution >= 0.6 is 0 Å². The van der Waals surface area contributed by atoms with E-state index in [-0.39, 0.29) is 5.69 Å². The van der Waals surface area contributed by atoms with Crippen molar-refractivity contribution in [1.29, 1.82) is 0 Å². The number of hydrogen-bond acceptors (Lipinski definition) is 1. The molecule has 0 saturated carbocycles. The van der Waals surface area contributed by atoms with Crippen molar-refractivity contribution in [3.05, 3.63) is 39.8 Å². The molecular formula is C15H18N2O. The Bertz CT molecular complexity index is 688. The van der Waals surface area contributed by atoms with Crippen molar-refractivity contribution in [2.24, 2.45) is 0 Å². The summed E-state index contributed by atoms with van der Waals surface area (Å²) in [5, 5.41) is 0. The van der Waals surface area contributed by atoms with Gasteiger partial charge in [-0.2, -0.15) is 0 Å². The summed E-state index contributed by atoms with van der Waals surface area (Å²) >= 11 is 0. The van der Waals surface area contributed by atoms with Crippen LogP contribution < -0.4 is 5.69 Å². The van der Waals surface area contributed by atoms with Crippen LogP contribution in [0.25, 0.3) is 16.7 Å². The highest BCUT2D eigenvalue weighted by Crippen LogP contribution is 2.25. The second kappa shape index (κ2) is 4.16. The van der Waals surface area contributed by atoms with Crippen molar-refractivity contribution >= 4 is 16.7 Å². The van der Waals surface area contributed by atoms with Crippen molar-refractivity contribution in [3.8, 4) is 0 Å². The summed E-state index contributed by atoms with van der Waals surface area (Å²) < 4.78 is 1.85. The van der Waals surface area contributed by atoms with E-state index in [2.05, 4.69) is 37.0 Å². The normalized spacial score (nSPS) is 16.0. The smallest absolute Gasteiger partial charge is 0.305 e. The van der Waals surface area contributed by atoms with Crippen molar-refractivity contribution in [2.45, 2.75) is 39.5 Å². The number of nitrogens with zero attached hydrogens (tertiary/aromatic N) is 1. The van der Waals surface area contributed by atoms with E-state index >= 15 is 0 Å². The zero-order valence-corrected chi connectivity index (χ0v) is 10.9. The standard InChI is InChI=1S/C15H18N2O/c1-10-8-13-14(9-11(10)2)17(15(18)16-13)12-6-4-3-5-7-12/h6,8-9H,3-5,7H2,1-2H3,(H,16,18). The van der Waals surface area contributed by atoms with Gasteiger partial charge in [0.15, 0.2) is 0 Å². The van der Waals surface area contributed by atoms with Gasteiger partial charge < -0.3 is 4.98 Å². The largest absolute Gasteiger partial charge is 0.330 e. The van der Waals surface area contributed by atoms with Gasteiger partial charge in [0.25, 0.3) is 0 Å². The van der Waals surface area contributed by atoms with Crippen LogP contribution in [0.2, 0.25) is 0 Å². The highest BCUT2D eigenvalue weighted by atomic mass is 16.1. The predicted octanol–water partition coefficient (Wildman–Crippen LogP) is 3.36. The fourth-order valence-electron chi connectivity index (χ4n) is 2.68. The summed E-state index contributed by atoms with van der Waals surface area (Å²) in [6.45, 7) is 4.16. The van der Waals surface area contributed by atoms with Gasteiger partial charge in [0.2, 0.25) is 0 Å². The number of imidazole rings is 1. The highest BCUT2D eigenvalue weighted by molar-refractivity contribution is 5.80. The Morgan fingerprint density at radius 3 is 2.67 bits per heavy atom. The summed E-state index contributed by atoms with van der Waals surface area (Å²) in [6, 6.07) is 4.17. The molecule has 0 fully saturated rings. The van der Waals surface area contributed by atoms with Crippen molar-refractivity contribution in [1.82, 2.24) is 9.55 Å². The molecule has 0 bridgehead atoms. The lowest BCUT2D eigenvalue weighted by molar-refractivity contribution is 0.716. The number of nitrogens with one attached hydrogen (secondary N) is 1. The molecule has 3 rings (SSSR count). The van der Waals surface area contributed by atoms with Gasteiger partial charge in [0.05, 0.1) is 11.0 Å². The second-order valence-corrected chi connectivity index (χ2v) is 5.16. The molecule has 1 heterocycles. The van der Waals surface area contributed by atoms with Gasteiger partial charge in [0, 0.05) is 5.70 Å². The maximum Gasteiger partial charge on any atom is 0.330 e. The number of hydrogen-bond donors (Lipinski definition) is 1. The maximum atomic E-state index is 12.1. The first-order valence-corrected chi connectivity index (χ1v) is 6.58. The summed E-state index contributed by atoms with van der Waals surface area (Å²) in [7, 11) is 0. The second-order valence-electron chi connectivity index (χ2n) is 5.16. The predicted molar refractivity (Wildman–Crippen MR) is 74.8 cm³/mol. The first-order valence-electron chi connectivity index (χ1n) is 6.58. The zero-order valence-electron chi connectivity index (χ0n) is 10.9. The van der Waals surface area contributed by atoms with Crippen LogP contribution in [0.3, 0.4) is 0 Å². The summed E-state index contributed by atoms with van der Waals surface area (Å²) in [5.41, 5.74) is 5.54. The number of aromatic nitrogens is 2. The van der Waals surface area contributed by atoms with E-state index in [4.69, 9.17) is 0 Å². The minimum Gasteiger partial charge on any atom is -0.305 e. The zero-order chi connectivity index (χ0) is 12.7. The molecule has 0 amide bonds. The molecular weight excluding hydrogens is 224 g/mol. The van der Waals surface area contributed by atoms with E-state index in [0.717, 1.165) is 29.6 Å². The number of aromatic amines is 1. The molecule has 1 aromatic carbocycles. The number of benzene rings is 1.